The van der Waals surface area contributed by atoms with Gasteiger partial charge in [0.05, 0.1) is 5.56 Å². The first-order valence-corrected chi connectivity index (χ1v) is 4.91. The van der Waals surface area contributed by atoms with Crippen LogP contribution in [0.1, 0.15) is 24.2 Å². The van der Waals surface area contributed by atoms with Crippen LogP contribution in [-0.2, 0) is 0 Å². The standard InChI is InChI=1S/C11H16N2O2/c1-8(2)7-13(3)10-5-4-9(6-12-10)11(14)15/h4-6,8H,7H2,1-3H3,(H,14,15). The molecule has 0 aromatic carbocycles. The zero-order valence-electron chi connectivity index (χ0n) is 9.27. The third-order valence-corrected chi connectivity index (χ3v) is 2.02. The van der Waals surface area contributed by atoms with E-state index in [2.05, 4.69) is 18.8 Å². The van der Waals surface area contributed by atoms with Crippen LogP contribution in [0, 0.1) is 5.92 Å². The molecular weight excluding hydrogens is 192 g/mol. The van der Waals surface area contributed by atoms with Crippen LogP contribution in [0.15, 0.2) is 18.3 Å². The molecule has 4 heteroatoms. The van der Waals surface area contributed by atoms with Gasteiger partial charge in [0.25, 0.3) is 0 Å². The van der Waals surface area contributed by atoms with Crippen LogP contribution in [0.4, 0.5) is 5.82 Å². The van der Waals surface area contributed by atoms with Gasteiger partial charge in [-0.15, -0.1) is 0 Å². The number of carboxylic acid groups (broad SMARTS) is 1. The van der Waals surface area contributed by atoms with E-state index in [1.807, 2.05) is 11.9 Å². The van der Waals surface area contributed by atoms with E-state index in [1.54, 1.807) is 12.1 Å². The van der Waals surface area contributed by atoms with E-state index >= 15 is 0 Å². The van der Waals surface area contributed by atoms with E-state index in [0.717, 1.165) is 12.4 Å². The summed E-state index contributed by atoms with van der Waals surface area (Å²) in [5.74, 6) is 0.408. The molecule has 0 aliphatic heterocycles. The lowest BCUT2D eigenvalue weighted by molar-refractivity contribution is 0.0696. The second-order valence-electron chi connectivity index (χ2n) is 3.98. The van der Waals surface area contributed by atoms with Gasteiger partial charge >= 0.3 is 5.97 Å². The Morgan fingerprint density at radius 2 is 2.20 bits per heavy atom. The molecule has 0 fully saturated rings. The van der Waals surface area contributed by atoms with Gasteiger partial charge in [0.1, 0.15) is 5.82 Å². The minimum Gasteiger partial charge on any atom is -0.478 e. The lowest BCUT2D eigenvalue weighted by atomic mass is 10.2. The maximum absolute atomic E-state index is 10.6. The Morgan fingerprint density at radius 1 is 1.53 bits per heavy atom. The second kappa shape index (κ2) is 4.77. The van der Waals surface area contributed by atoms with E-state index < -0.39 is 5.97 Å². The summed E-state index contributed by atoms with van der Waals surface area (Å²) in [6.07, 6.45) is 1.38. The molecule has 0 aliphatic carbocycles. The highest BCUT2D eigenvalue weighted by atomic mass is 16.4. The first-order valence-electron chi connectivity index (χ1n) is 4.91. The minimum atomic E-state index is -0.944. The van der Waals surface area contributed by atoms with Crippen molar-refractivity contribution in [1.82, 2.24) is 4.98 Å². The van der Waals surface area contributed by atoms with E-state index in [-0.39, 0.29) is 5.56 Å². The maximum atomic E-state index is 10.6. The second-order valence-corrected chi connectivity index (χ2v) is 3.98. The Balaban J connectivity index is 2.75. The van der Waals surface area contributed by atoms with Crippen LogP contribution in [0.2, 0.25) is 0 Å². The number of rotatable bonds is 4. The fraction of sp³-hybridized carbons (Fsp3) is 0.455. The molecule has 0 saturated heterocycles. The molecule has 0 unspecified atom stereocenters. The summed E-state index contributed by atoms with van der Waals surface area (Å²) in [6, 6.07) is 3.30. The molecular formula is C11H16N2O2. The van der Waals surface area contributed by atoms with Crippen LogP contribution in [0.5, 0.6) is 0 Å². The summed E-state index contributed by atoms with van der Waals surface area (Å²) < 4.78 is 0. The Bertz CT molecular complexity index is 333. The zero-order valence-corrected chi connectivity index (χ0v) is 9.27. The molecule has 4 nitrogen and oxygen atoms in total. The maximum Gasteiger partial charge on any atom is 0.337 e. The molecule has 1 N–H and O–H groups in total. The van der Waals surface area contributed by atoms with Crippen molar-refractivity contribution in [1.29, 1.82) is 0 Å². The van der Waals surface area contributed by atoms with Gasteiger partial charge in [-0.1, -0.05) is 13.8 Å². The molecule has 82 valence electrons. The van der Waals surface area contributed by atoms with Gasteiger partial charge in [0.2, 0.25) is 0 Å². The van der Waals surface area contributed by atoms with E-state index in [1.165, 1.54) is 6.20 Å². The minimum absolute atomic E-state index is 0.219. The molecule has 15 heavy (non-hydrogen) atoms. The van der Waals surface area contributed by atoms with Crippen molar-refractivity contribution in [3.05, 3.63) is 23.9 Å². The fourth-order valence-corrected chi connectivity index (χ4v) is 1.38. The van der Waals surface area contributed by atoms with Crippen LogP contribution in [0.25, 0.3) is 0 Å². The number of carbonyl (C=O) groups is 1. The van der Waals surface area contributed by atoms with Gasteiger partial charge in [0.15, 0.2) is 0 Å². The van der Waals surface area contributed by atoms with Gasteiger partial charge in [-0.2, -0.15) is 0 Å². The van der Waals surface area contributed by atoms with Gasteiger partial charge < -0.3 is 10.0 Å². The lowest BCUT2D eigenvalue weighted by Gasteiger charge is -2.20. The highest BCUT2D eigenvalue weighted by molar-refractivity contribution is 5.87. The van der Waals surface area contributed by atoms with E-state index in [0.29, 0.717) is 5.92 Å². The van der Waals surface area contributed by atoms with Crippen molar-refractivity contribution in [3.8, 4) is 0 Å². The van der Waals surface area contributed by atoms with Crippen molar-refractivity contribution >= 4 is 11.8 Å². The summed E-state index contributed by atoms with van der Waals surface area (Å²) in [6.45, 7) is 5.16. The predicted molar refractivity (Wildman–Crippen MR) is 59.3 cm³/mol. The van der Waals surface area contributed by atoms with Gasteiger partial charge in [-0.05, 0) is 18.1 Å². The number of anilines is 1. The van der Waals surface area contributed by atoms with E-state index in [9.17, 15) is 4.79 Å². The third kappa shape index (κ3) is 3.23. The Morgan fingerprint density at radius 3 is 2.60 bits per heavy atom. The summed E-state index contributed by atoms with van der Waals surface area (Å²) in [5, 5.41) is 8.71. The molecule has 0 saturated carbocycles. The van der Waals surface area contributed by atoms with Crippen molar-refractivity contribution in [2.45, 2.75) is 13.8 Å². The number of nitrogens with zero attached hydrogens (tertiary/aromatic N) is 2. The topological polar surface area (TPSA) is 53.4 Å². The normalized spacial score (nSPS) is 10.4. The van der Waals surface area contributed by atoms with Gasteiger partial charge in [-0.25, -0.2) is 9.78 Å². The number of hydrogen-bond acceptors (Lipinski definition) is 3. The molecule has 0 amide bonds. The molecule has 0 spiro atoms. The van der Waals surface area contributed by atoms with Gasteiger partial charge in [0, 0.05) is 19.8 Å². The molecule has 0 aliphatic rings. The Labute approximate surface area is 89.6 Å². The number of hydrogen-bond donors (Lipinski definition) is 1. The largest absolute Gasteiger partial charge is 0.478 e. The average molecular weight is 208 g/mol. The van der Waals surface area contributed by atoms with E-state index in [4.69, 9.17) is 5.11 Å². The summed E-state index contributed by atoms with van der Waals surface area (Å²) >= 11 is 0. The zero-order chi connectivity index (χ0) is 11.4. The average Bonchev–Trinajstić information content (AvgIpc) is 2.17. The monoisotopic (exact) mass is 208 g/mol. The van der Waals surface area contributed by atoms with Crippen LogP contribution >= 0.6 is 0 Å². The SMILES string of the molecule is CC(C)CN(C)c1ccc(C(=O)O)cn1. The van der Waals surface area contributed by atoms with Crippen molar-refractivity contribution in [3.63, 3.8) is 0 Å². The van der Waals surface area contributed by atoms with Crippen LogP contribution in [-0.4, -0.2) is 29.7 Å². The molecule has 0 bridgehead atoms. The molecule has 1 aromatic heterocycles. The molecule has 1 rings (SSSR count). The molecule has 1 aromatic rings. The molecule has 0 radical (unpaired) electrons. The van der Waals surface area contributed by atoms with Crippen molar-refractivity contribution < 1.29 is 9.90 Å². The fourth-order valence-electron chi connectivity index (χ4n) is 1.38. The first kappa shape index (κ1) is 11.5. The number of aromatic carboxylic acids is 1. The number of aromatic nitrogens is 1. The predicted octanol–water partition coefficient (Wildman–Crippen LogP) is 1.87. The quantitative estimate of drug-likeness (QED) is 0.820. The smallest absolute Gasteiger partial charge is 0.337 e. The third-order valence-electron chi connectivity index (χ3n) is 2.02. The van der Waals surface area contributed by atoms with Crippen molar-refractivity contribution in [2.75, 3.05) is 18.5 Å². The first-order chi connectivity index (χ1) is 7.00. The summed E-state index contributed by atoms with van der Waals surface area (Å²) in [5.41, 5.74) is 0.219. The summed E-state index contributed by atoms with van der Waals surface area (Å²) in [4.78, 5) is 16.7. The Kier molecular flexibility index (Phi) is 3.66. The molecule has 0 atom stereocenters. The lowest BCUT2D eigenvalue weighted by Crippen LogP contribution is -2.23. The van der Waals surface area contributed by atoms with Crippen LogP contribution in [0.3, 0.4) is 0 Å². The van der Waals surface area contributed by atoms with Crippen molar-refractivity contribution in [2.24, 2.45) is 5.92 Å². The Hall–Kier alpha value is -1.58. The molecule has 1 heterocycles. The highest BCUT2D eigenvalue weighted by Gasteiger charge is 2.06. The van der Waals surface area contributed by atoms with Gasteiger partial charge in [-0.3, -0.25) is 0 Å². The van der Waals surface area contributed by atoms with Crippen LogP contribution < -0.4 is 4.90 Å². The number of carboxylic acids is 1. The number of pyridine rings is 1. The summed E-state index contributed by atoms with van der Waals surface area (Å²) in [7, 11) is 1.95. The highest BCUT2D eigenvalue weighted by Crippen LogP contribution is 2.11.